The fraction of sp³-hybridized carbons (Fsp3) is 0.190. The van der Waals surface area contributed by atoms with Crippen LogP contribution in [0.2, 0.25) is 0 Å². The zero-order valence-electron chi connectivity index (χ0n) is 15.7. The minimum atomic E-state index is -3.97. The van der Waals surface area contributed by atoms with Gasteiger partial charge in [-0.2, -0.15) is 0 Å². The first-order chi connectivity index (χ1) is 13.8. The molecule has 1 aromatic heterocycles. The number of nitrogens with one attached hydrogen (secondary N) is 1. The van der Waals surface area contributed by atoms with E-state index in [1.54, 1.807) is 40.5 Å². The van der Waals surface area contributed by atoms with Crippen molar-refractivity contribution in [3.05, 3.63) is 81.3 Å². The standard InChI is InChI=1S/C21H19FN2O3S2/c1-14-12-16(22)6-7-20(14)29(26,27)23-18-5-3-2-4-17(18)21(25)24-10-8-19-15(13-24)9-11-28-19/h2-7,9,11-12,23H,8,10,13H2,1H3. The minimum absolute atomic E-state index is 0.0259. The maximum atomic E-state index is 13.4. The topological polar surface area (TPSA) is 66.5 Å². The Balaban J connectivity index is 1.63. The molecule has 0 fully saturated rings. The predicted octanol–water partition coefficient (Wildman–Crippen LogP) is 4.19. The van der Waals surface area contributed by atoms with Gasteiger partial charge in [0.1, 0.15) is 5.82 Å². The van der Waals surface area contributed by atoms with E-state index in [-0.39, 0.29) is 22.1 Å². The molecular formula is C21H19FN2O3S2. The van der Waals surface area contributed by atoms with Crippen molar-refractivity contribution in [1.29, 1.82) is 0 Å². The van der Waals surface area contributed by atoms with Gasteiger partial charge in [-0.1, -0.05) is 12.1 Å². The summed E-state index contributed by atoms with van der Waals surface area (Å²) in [7, 11) is -3.97. The van der Waals surface area contributed by atoms with E-state index in [1.807, 2.05) is 11.4 Å². The lowest BCUT2D eigenvalue weighted by atomic mass is 10.1. The summed E-state index contributed by atoms with van der Waals surface area (Å²) >= 11 is 1.69. The fourth-order valence-electron chi connectivity index (χ4n) is 3.46. The Morgan fingerprint density at radius 3 is 2.76 bits per heavy atom. The van der Waals surface area contributed by atoms with Gasteiger partial charge in [-0.3, -0.25) is 9.52 Å². The van der Waals surface area contributed by atoms with Gasteiger partial charge in [0.05, 0.1) is 16.1 Å². The number of anilines is 1. The molecule has 4 rings (SSSR count). The predicted molar refractivity (Wildman–Crippen MR) is 111 cm³/mol. The highest BCUT2D eigenvalue weighted by atomic mass is 32.2. The summed E-state index contributed by atoms with van der Waals surface area (Å²) < 4.78 is 41.6. The van der Waals surface area contributed by atoms with Crippen LogP contribution in [-0.2, 0) is 23.0 Å². The Labute approximate surface area is 172 Å². The number of rotatable bonds is 4. The number of amides is 1. The molecule has 2 heterocycles. The number of nitrogens with zero attached hydrogens (tertiary/aromatic N) is 1. The molecule has 0 atom stereocenters. The van der Waals surface area contributed by atoms with Crippen LogP contribution < -0.4 is 4.72 Å². The van der Waals surface area contributed by atoms with Crippen LogP contribution in [0.3, 0.4) is 0 Å². The SMILES string of the molecule is Cc1cc(F)ccc1S(=O)(=O)Nc1ccccc1C(=O)N1CCc2sccc2C1. The van der Waals surface area contributed by atoms with E-state index in [0.717, 1.165) is 24.1 Å². The summed E-state index contributed by atoms with van der Waals surface area (Å²) in [4.78, 5) is 16.1. The average molecular weight is 431 g/mol. The summed E-state index contributed by atoms with van der Waals surface area (Å²) in [6.07, 6.45) is 0.793. The molecule has 1 aliphatic heterocycles. The molecule has 0 bridgehead atoms. The number of aryl methyl sites for hydroxylation is 1. The number of carbonyl (C=O) groups excluding carboxylic acids is 1. The normalized spacial score (nSPS) is 13.8. The van der Waals surface area contributed by atoms with Gasteiger partial charge in [-0.25, -0.2) is 12.8 Å². The smallest absolute Gasteiger partial charge is 0.262 e. The lowest BCUT2D eigenvalue weighted by molar-refractivity contribution is 0.0737. The average Bonchev–Trinajstić information content (AvgIpc) is 3.15. The molecule has 3 aromatic rings. The molecule has 1 amide bonds. The highest BCUT2D eigenvalue weighted by Gasteiger charge is 2.26. The molecule has 0 saturated heterocycles. The summed E-state index contributed by atoms with van der Waals surface area (Å²) in [6.45, 7) is 2.63. The van der Waals surface area contributed by atoms with E-state index in [4.69, 9.17) is 0 Å². The van der Waals surface area contributed by atoms with Crippen LogP contribution in [0.4, 0.5) is 10.1 Å². The van der Waals surface area contributed by atoms with Gasteiger partial charge >= 0.3 is 0 Å². The Morgan fingerprint density at radius 1 is 1.17 bits per heavy atom. The number of thiophene rings is 1. The molecule has 150 valence electrons. The number of halogens is 1. The molecule has 2 aromatic carbocycles. The molecule has 0 aliphatic carbocycles. The third-order valence-corrected chi connectivity index (χ3v) is 7.47. The lowest BCUT2D eigenvalue weighted by Gasteiger charge is -2.28. The molecule has 8 heteroatoms. The molecule has 1 aliphatic rings. The fourth-order valence-corrected chi connectivity index (χ4v) is 5.66. The summed E-state index contributed by atoms with van der Waals surface area (Å²) in [5, 5.41) is 2.02. The molecular weight excluding hydrogens is 411 g/mol. The van der Waals surface area contributed by atoms with Gasteiger partial charge in [0.2, 0.25) is 0 Å². The van der Waals surface area contributed by atoms with Gasteiger partial charge in [0.25, 0.3) is 15.9 Å². The van der Waals surface area contributed by atoms with Crippen molar-refractivity contribution in [3.8, 4) is 0 Å². The Kier molecular flexibility index (Phi) is 5.14. The van der Waals surface area contributed by atoms with Crippen molar-refractivity contribution in [1.82, 2.24) is 4.90 Å². The van der Waals surface area contributed by atoms with E-state index >= 15 is 0 Å². The number of benzene rings is 2. The largest absolute Gasteiger partial charge is 0.334 e. The minimum Gasteiger partial charge on any atom is -0.334 e. The van der Waals surface area contributed by atoms with Gasteiger partial charge in [-0.05, 0) is 66.2 Å². The van der Waals surface area contributed by atoms with Crippen LogP contribution in [0.15, 0.2) is 58.8 Å². The number of sulfonamides is 1. The maximum absolute atomic E-state index is 13.4. The summed E-state index contributed by atoms with van der Waals surface area (Å²) in [5.41, 5.74) is 1.92. The van der Waals surface area contributed by atoms with Gasteiger partial charge in [0.15, 0.2) is 0 Å². The Hall–Kier alpha value is -2.71. The molecule has 1 N–H and O–H groups in total. The van der Waals surface area contributed by atoms with Crippen molar-refractivity contribution < 1.29 is 17.6 Å². The highest BCUT2D eigenvalue weighted by molar-refractivity contribution is 7.92. The second kappa shape index (κ2) is 7.61. The third-order valence-electron chi connectivity index (χ3n) is 4.92. The molecule has 0 saturated carbocycles. The van der Waals surface area contributed by atoms with Crippen LogP contribution in [0.1, 0.15) is 26.4 Å². The number of para-hydroxylation sites is 1. The molecule has 0 unspecified atom stereocenters. The quantitative estimate of drug-likeness (QED) is 0.675. The second-order valence-electron chi connectivity index (χ2n) is 6.91. The van der Waals surface area contributed by atoms with Crippen molar-refractivity contribution >= 4 is 33.0 Å². The first-order valence-electron chi connectivity index (χ1n) is 9.08. The number of hydrogen-bond acceptors (Lipinski definition) is 4. The van der Waals surface area contributed by atoms with Crippen LogP contribution in [0.5, 0.6) is 0 Å². The van der Waals surface area contributed by atoms with E-state index in [9.17, 15) is 17.6 Å². The lowest BCUT2D eigenvalue weighted by Crippen LogP contribution is -2.35. The third kappa shape index (κ3) is 3.90. The highest BCUT2D eigenvalue weighted by Crippen LogP contribution is 2.28. The van der Waals surface area contributed by atoms with Gasteiger partial charge in [0, 0.05) is 18.0 Å². The number of carbonyl (C=O) groups is 1. The van der Waals surface area contributed by atoms with Crippen LogP contribution in [-0.4, -0.2) is 25.8 Å². The summed E-state index contributed by atoms with van der Waals surface area (Å²) in [6, 6.07) is 12.0. The second-order valence-corrected chi connectivity index (χ2v) is 9.56. The maximum Gasteiger partial charge on any atom is 0.262 e. The van der Waals surface area contributed by atoms with Gasteiger partial charge in [-0.15, -0.1) is 11.3 Å². The van der Waals surface area contributed by atoms with Gasteiger partial charge < -0.3 is 4.90 Å². The Morgan fingerprint density at radius 2 is 1.97 bits per heavy atom. The summed E-state index contributed by atoms with van der Waals surface area (Å²) in [5.74, 6) is -0.731. The van der Waals surface area contributed by atoms with Crippen LogP contribution in [0, 0.1) is 12.7 Å². The molecule has 5 nitrogen and oxygen atoms in total. The van der Waals surface area contributed by atoms with Crippen molar-refractivity contribution in [2.45, 2.75) is 24.8 Å². The van der Waals surface area contributed by atoms with Crippen molar-refractivity contribution in [2.75, 3.05) is 11.3 Å². The van der Waals surface area contributed by atoms with Crippen molar-refractivity contribution in [3.63, 3.8) is 0 Å². The molecule has 0 radical (unpaired) electrons. The van der Waals surface area contributed by atoms with E-state index < -0.39 is 15.8 Å². The zero-order valence-corrected chi connectivity index (χ0v) is 17.3. The van der Waals surface area contributed by atoms with Crippen molar-refractivity contribution in [2.24, 2.45) is 0 Å². The number of fused-ring (bicyclic) bond motifs is 1. The first kappa shape index (κ1) is 19.6. The molecule has 0 spiro atoms. The van der Waals surface area contributed by atoms with Crippen LogP contribution in [0.25, 0.3) is 0 Å². The van der Waals surface area contributed by atoms with E-state index in [1.165, 1.54) is 17.9 Å². The number of hydrogen-bond donors (Lipinski definition) is 1. The van der Waals surface area contributed by atoms with E-state index in [2.05, 4.69) is 4.72 Å². The van der Waals surface area contributed by atoms with Crippen LogP contribution >= 0.6 is 11.3 Å². The van der Waals surface area contributed by atoms with E-state index in [0.29, 0.717) is 18.7 Å². The monoisotopic (exact) mass is 430 g/mol. The Bertz CT molecular complexity index is 1190. The first-order valence-corrected chi connectivity index (χ1v) is 11.4. The zero-order chi connectivity index (χ0) is 20.6. The molecule has 29 heavy (non-hydrogen) atoms.